The van der Waals surface area contributed by atoms with Crippen LogP contribution >= 0.6 is 0 Å². The first-order chi connectivity index (χ1) is 14.3. The lowest BCUT2D eigenvalue weighted by Crippen LogP contribution is -1.88. The van der Waals surface area contributed by atoms with Crippen molar-refractivity contribution in [2.45, 2.75) is 20.7 Å². The molecule has 0 bridgehead atoms. The average molecular weight is 352 g/mol. The van der Waals surface area contributed by atoms with E-state index in [2.05, 4.69) is 79.5 Å². The highest BCUT2D eigenvalue weighted by Crippen LogP contribution is 2.30. The van der Waals surface area contributed by atoms with E-state index < -0.39 is 6.85 Å². The summed E-state index contributed by atoms with van der Waals surface area (Å²) in [4.78, 5) is 4.38. The molecule has 1 heteroatoms. The van der Waals surface area contributed by atoms with Gasteiger partial charge in [-0.15, -0.1) is 0 Å². The molecule has 0 saturated heterocycles. The van der Waals surface area contributed by atoms with Crippen molar-refractivity contribution >= 4 is 0 Å². The van der Waals surface area contributed by atoms with Crippen molar-refractivity contribution in [2.24, 2.45) is 0 Å². The van der Waals surface area contributed by atoms with Crippen molar-refractivity contribution in [2.75, 3.05) is 0 Å². The molecule has 0 fully saturated rings. The van der Waals surface area contributed by atoms with Gasteiger partial charge in [-0.25, -0.2) is 0 Å². The Morgan fingerprint density at radius 2 is 1.22 bits per heavy atom. The van der Waals surface area contributed by atoms with Gasteiger partial charge >= 0.3 is 0 Å². The van der Waals surface area contributed by atoms with Crippen LogP contribution in [0.3, 0.4) is 0 Å². The molecule has 0 spiro atoms. The topological polar surface area (TPSA) is 12.9 Å². The van der Waals surface area contributed by atoms with Gasteiger partial charge in [-0.3, -0.25) is 4.98 Å². The Morgan fingerprint density at radius 3 is 1.85 bits per heavy atom. The molecule has 1 heterocycles. The maximum Gasteiger partial charge on any atom is 0.0702 e. The fraction of sp³-hybridized carbons (Fsp3) is 0.115. The molecule has 0 aliphatic heterocycles. The molecular weight excluding hydrogens is 326 g/mol. The van der Waals surface area contributed by atoms with Gasteiger partial charge in [-0.05, 0) is 66.2 Å². The summed E-state index contributed by atoms with van der Waals surface area (Å²) < 4.78 is 22.5. The Morgan fingerprint density at radius 1 is 0.630 bits per heavy atom. The Hall–Kier alpha value is -3.19. The third kappa shape index (κ3) is 3.68. The minimum atomic E-state index is -2.14. The molecule has 0 aliphatic rings. The van der Waals surface area contributed by atoms with Gasteiger partial charge in [0.2, 0.25) is 0 Å². The fourth-order valence-corrected chi connectivity index (χ4v) is 3.25. The van der Waals surface area contributed by atoms with Crippen LogP contribution < -0.4 is 0 Å². The summed E-state index contributed by atoms with van der Waals surface area (Å²) in [5, 5.41) is 0. The molecule has 3 aromatic carbocycles. The standard InChI is InChI=1S/C26H23N/c1-18-4-8-21(9-5-18)22-11-13-23(14-12-22)25-16-24(10-7-20(25)3)26-15-6-19(2)17-27-26/h4-17H,1-3H3/i2D3. The fourth-order valence-electron chi connectivity index (χ4n) is 3.25. The van der Waals surface area contributed by atoms with Gasteiger partial charge in [0, 0.05) is 15.9 Å². The number of aromatic nitrogens is 1. The van der Waals surface area contributed by atoms with E-state index in [0.717, 1.165) is 22.4 Å². The molecule has 0 radical (unpaired) electrons. The summed E-state index contributed by atoms with van der Waals surface area (Å²) in [6.07, 6.45) is 1.44. The van der Waals surface area contributed by atoms with E-state index in [1.807, 2.05) is 6.07 Å². The molecule has 27 heavy (non-hydrogen) atoms. The minimum Gasteiger partial charge on any atom is -0.256 e. The number of aryl methyl sites for hydroxylation is 3. The second-order valence-electron chi connectivity index (χ2n) is 6.91. The van der Waals surface area contributed by atoms with Gasteiger partial charge < -0.3 is 0 Å². The normalized spacial score (nSPS) is 12.9. The SMILES string of the molecule is [2H]C([2H])([2H])c1ccc(-c2ccc(C)c(-c3ccc(-c4ccc(C)cc4)cc3)c2)nc1. The van der Waals surface area contributed by atoms with Crippen molar-refractivity contribution < 1.29 is 4.11 Å². The largest absolute Gasteiger partial charge is 0.256 e. The summed E-state index contributed by atoms with van der Waals surface area (Å²) in [5.41, 5.74) is 9.10. The van der Waals surface area contributed by atoms with Gasteiger partial charge in [0.15, 0.2) is 0 Å². The van der Waals surface area contributed by atoms with E-state index >= 15 is 0 Å². The number of benzene rings is 3. The van der Waals surface area contributed by atoms with Crippen molar-refractivity contribution in [3.05, 3.63) is 102 Å². The van der Waals surface area contributed by atoms with Crippen molar-refractivity contribution in [1.29, 1.82) is 0 Å². The van der Waals surface area contributed by atoms with Gasteiger partial charge in [-0.1, -0.05) is 72.3 Å². The number of nitrogens with zero attached hydrogens (tertiary/aromatic N) is 1. The highest BCUT2D eigenvalue weighted by atomic mass is 14.7. The van der Waals surface area contributed by atoms with E-state index in [4.69, 9.17) is 4.11 Å². The zero-order valence-electron chi connectivity index (χ0n) is 18.5. The lowest BCUT2D eigenvalue weighted by molar-refractivity contribution is 1.27. The van der Waals surface area contributed by atoms with Crippen molar-refractivity contribution in [1.82, 2.24) is 4.98 Å². The molecular formula is C26H23N. The van der Waals surface area contributed by atoms with Crippen molar-refractivity contribution in [3.8, 4) is 33.5 Å². The predicted molar refractivity (Wildman–Crippen MR) is 115 cm³/mol. The van der Waals surface area contributed by atoms with Gasteiger partial charge in [-0.2, -0.15) is 0 Å². The van der Waals surface area contributed by atoms with Crippen LogP contribution in [0.15, 0.2) is 85.1 Å². The quantitative estimate of drug-likeness (QED) is 0.386. The Balaban J connectivity index is 1.66. The Bertz CT molecular complexity index is 1160. The molecule has 0 unspecified atom stereocenters. The summed E-state index contributed by atoms with van der Waals surface area (Å²) >= 11 is 0. The van der Waals surface area contributed by atoms with Gasteiger partial charge in [0.1, 0.15) is 0 Å². The maximum atomic E-state index is 7.51. The van der Waals surface area contributed by atoms with Crippen LogP contribution in [0.1, 0.15) is 20.8 Å². The summed E-state index contributed by atoms with van der Waals surface area (Å²) in [6, 6.07) is 26.8. The zero-order valence-corrected chi connectivity index (χ0v) is 15.5. The first-order valence-corrected chi connectivity index (χ1v) is 9.06. The molecule has 4 rings (SSSR count). The molecule has 0 saturated carbocycles. The molecule has 1 aromatic heterocycles. The van der Waals surface area contributed by atoms with E-state index in [9.17, 15) is 0 Å². The van der Waals surface area contributed by atoms with Crippen LogP contribution in [0.4, 0.5) is 0 Å². The molecule has 0 aliphatic carbocycles. The van der Waals surface area contributed by atoms with Crippen LogP contribution in [-0.4, -0.2) is 4.98 Å². The smallest absolute Gasteiger partial charge is 0.0702 e. The first kappa shape index (κ1) is 13.9. The third-order valence-electron chi connectivity index (χ3n) is 4.88. The molecule has 0 atom stereocenters. The molecule has 4 aromatic rings. The third-order valence-corrected chi connectivity index (χ3v) is 4.88. The second kappa shape index (κ2) is 7.20. The lowest BCUT2D eigenvalue weighted by atomic mass is 9.95. The van der Waals surface area contributed by atoms with E-state index in [-0.39, 0.29) is 5.56 Å². The van der Waals surface area contributed by atoms with Crippen LogP contribution in [0.5, 0.6) is 0 Å². The van der Waals surface area contributed by atoms with Crippen LogP contribution in [0.25, 0.3) is 33.5 Å². The number of hydrogen-bond acceptors (Lipinski definition) is 1. The Labute approximate surface area is 165 Å². The Kier molecular flexibility index (Phi) is 3.72. The van der Waals surface area contributed by atoms with Crippen LogP contribution in [-0.2, 0) is 0 Å². The van der Waals surface area contributed by atoms with E-state index in [1.165, 1.54) is 28.5 Å². The molecule has 0 amide bonds. The van der Waals surface area contributed by atoms with E-state index in [0.29, 0.717) is 0 Å². The summed E-state index contributed by atoms with van der Waals surface area (Å²) in [6.45, 7) is 2.05. The van der Waals surface area contributed by atoms with Crippen molar-refractivity contribution in [3.63, 3.8) is 0 Å². The van der Waals surface area contributed by atoms with Gasteiger partial charge in [0.25, 0.3) is 0 Å². The van der Waals surface area contributed by atoms with E-state index in [1.54, 1.807) is 12.1 Å². The number of pyridine rings is 1. The minimum absolute atomic E-state index is 0.255. The summed E-state index contributed by atoms with van der Waals surface area (Å²) in [7, 11) is 0. The highest BCUT2D eigenvalue weighted by Gasteiger charge is 2.07. The monoisotopic (exact) mass is 352 g/mol. The molecule has 1 nitrogen and oxygen atoms in total. The zero-order chi connectivity index (χ0) is 21.3. The predicted octanol–water partition coefficient (Wildman–Crippen LogP) is 7.01. The molecule has 132 valence electrons. The average Bonchev–Trinajstić information content (AvgIpc) is 2.74. The second-order valence-corrected chi connectivity index (χ2v) is 6.91. The highest BCUT2D eigenvalue weighted by molar-refractivity contribution is 5.76. The number of rotatable bonds is 3. The molecule has 0 N–H and O–H groups in total. The van der Waals surface area contributed by atoms with Crippen LogP contribution in [0.2, 0.25) is 0 Å². The maximum absolute atomic E-state index is 7.51. The van der Waals surface area contributed by atoms with Crippen LogP contribution in [0, 0.1) is 20.7 Å². The summed E-state index contributed by atoms with van der Waals surface area (Å²) in [5.74, 6) is 0. The first-order valence-electron chi connectivity index (χ1n) is 10.6. The van der Waals surface area contributed by atoms with Gasteiger partial charge in [0.05, 0.1) is 5.69 Å². The lowest BCUT2D eigenvalue weighted by Gasteiger charge is -2.11. The number of hydrogen-bond donors (Lipinski definition) is 0.